The first-order valence-corrected chi connectivity index (χ1v) is 7.49. The van der Waals surface area contributed by atoms with E-state index in [-0.39, 0.29) is 18.4 Å². The molecule has 0 saturated heterocycles. The molecule has 0 radical (unpaired) electrons. The lowest BCUT2D eigenvalue weighted by Gasteiger charge is -2.57. The Balaban J connectivity index is 6.90. The maximum absolute atomic E-state index is 15.4. The van der Waals surface area contributed by atoms with Crippen LogP contribution in [0.2, 0.25) is 0 Å². The van der Waals surface area contributed by atoms with Crippen LogP contribution in [0.25, 0.3) is 0 Å². The molecule has 0 fully saturated rings. The highest BCUT2D eigenvalue weighted by molar-refractivity contribution is 5.34. The van der Waals surface area contributed by atoms with Crippen LogP contribution < -0.4 is 0 Å². The van der Waals surface area contributed by atoms with Crippen molar-refractivity contribution in [2.45, 2.75) is 65.7 Å². The van der Waals surface area contributed by atoms with E-state index in [9.17, 15) is 13.2 Å². The topological polar surface area (TPSA) is 0 Å². The first-order chi connectivity index (χ1) is 9.92. The van der Waals surface area contributed by atoms with Crippen LogP contribution in [0.3, 0.4) is 0 Å². The zero-order valence-electron chi connectivity index (χ0n) is 14.3. The van der Waals surface area contributed by atoms with Crippen molar-refractivity contribution in [2.24, 2.45) is 10.8 Å². The highest BCUT2D eigenvalue weighted by atomic mass is 19.3. The van der Waals surface area contributed by atoms with Crippen LogP contribution in [0.5, 0.6) is 0 Å². The van der Waals surface area contributed by atoms with Crippen molar-refractivity contribution in [1.29, 1.82) is 0 Å². The Hall–Kier alpha value is -1.06. The van der Waals surface area contributed by atoms with Gasteiger partial charge in [-0.15, -0.1) is 0 Å². The molecule has 0 nitrogen and oxygen atoms in total. The molecule has 0 aliphatic heterocycles. The van der Waals surface area contributed by atoms with Gasteiger partial charge in [0, 0.05) is 10.8 Å². The Morgan fingerprint density at radius 1 is 1.05 bits per heavy atom. The summed E-state index contributed by atoms with van der Waals surface area (Å²) in [6, 6.07) is 0. The summed E-state index contributed by atoms with van der Waals surface area (Å²) in [5.74, 6) is 0. The first kappa shape index (κ1) is 20.9. The van der Waals surface area contributed by atoms with Gasteiger partial charge in [0.05, 0.1) is 0 Å². The molecular weight excluding hydrogens is 292 g/mol. The number of hydrogen-bond acceptors (Lipinski definition) is 0. The van der Waals surface area contributed by atoms with Gasteiger partial charge < -0.3 is 0 Å². The average Bonchev–Trinajstić information content (AvgIpc) is 2.42. The van der Waals surface area contributed by atoms with Crippen LogP contribution in [-0.4, -0.2) is 18.3 Å². The fraction of sp³-hybridized carbons (Fsp3) is 0.667. The summed E-state index contributed by atoms with van der Waals surface area (Å²) in [6.07, 6.45) is -4.63. The molecule has 0 rings (SSSR count). The minimum absolute atomic E-state index is 0.0120. The van der Waals surface area contributed by atoms with E-state index in [0.29, 0.717) is 5.57 Å². The van der Waals surface area contributed by atoms with Gasteiger partial charge in [-0.05, 0) is 33.6 Å². The lowest BCUT2D eigenvalue weighted by atomic mass is 9.47. The third-order valence-corrected chi connectivity index (χ3v) is 5.25. The maximum atomic E-state index is 15.4. The van der Waals surface area contributed by atoms with Gasteiger partial charge >= 0.3 is 0 Å². The van der Waals surface area contributed by atoms with Gasteiger partial charge in [-0.25, -0.2) is 17.6 Å². The van der Waals surface area contributed by atoms with Crippen molar-refractivity contribution in [3.63, 3.8) is 0 Å². The molecule has 0 aliphatic carbocycles. The lowest BCUT2D eigenvalue weighted by molar-refractivity contribution is -0.115. The molecule has 4 heteroatoms. The molecule has 0 aromatic carbocycles. The van der Waals surface area contributed by atoms with Gasteiger partial charge in [0.1, 0.15) is 5.67 Å². The molecule has 0 aromatic rings. The lowest BCUT2D eigenvalue weighted by Crippen LogP contribution is -2.59. The Morgan fingerprint density at radius 3 is 1.68 bits per heavy atom. The minimum Gasteiger partial charge on any atom is -0.240 e. The third-order valence-electron chi connectivity index (χ3n) is 5.25. The van der Waals surface area contributed by atoms with Gasteiger partial charge in [0.2, 0.25) is 0 Å². The average molecular weight is 320 g/mol. The third kappa shape index (κ3) is 2.65. The maximum Gasteiger partial charge on any atom is 0.270 e. The van der Waals surface area contributed by atoms with E-state index in [0.717, 1.165) is 6.08 Å². The Morgan fingerprint density at radius 2 is 1.50 bits per heavy atom. The molecule has 0 aliphatic rings. The molecule has 0 heterocycles. The smallest absolute Gasteiger partial charge is 0.240 e. The summed E-state index contributed by atoms with van der Waals surface area (Å²) in [5.41, 5.74) is -4.93. The normalized spacial score (nSPS) is 21.4. The zero-order valence-corrected chi connectivity index (χ0v) is 14.3. The van der Waals surface area contributed by atoms with Gasteiger partial charge in [-0.3, -0.25) is 0 Å². The fourth-order valence-corrected chi connectivity index (χ4v) is 4.22. The number of alkyl halides is 4. The zero-order chi connectivity index (χ0) is 17.9. The molecule has 0 aromatic heterocycles. The number of rotatable bonds is 9. The van der Waals surface area contributed by atoms with Gasteiger partial charge in [0.15, 0.2) is 6.17 Å². The van der Waals surface area contributed by atoms with Gasteiger partial charge in [0.25, 0.3) is 6.43 Å². The molecular formula is C18H28F4. The van der Waals surface area contributed by atoms with Crippen molar-refractivity contribution < 1.29 is 17.6 Å². The molecule has 0 amide bonds. The summed E-state index contributed by atoms with van der Waals surface area (Å²) in [4.78, 5) is 0. The van der Waals surface area contributed by atoms with E-state index in [1.807, 2.05) is 0 Å². The van der Waals surface area contributed by atoms with Gasteiger partial charge in [-0.1, -0.05) is 50.8 Å². The minimum atomic E-state index is -3.23. The van der Waals surface area contributed by atoms with E-state index in [1.165, 1.54) is 13.8 Å². The van der Waals surface area contributed by atoms with E-state index in [4.69, 9.17) is 0 Å². The predicted octanol–water partition coefficient (Wildman–Crippen LogP) is 6.45. The number of allylic oxidation sites excluding steroid dienone is 3. The first-order valence-electron chi connectivity index (χ1n) is 7.49. The van der Waals surface area contributed by atoms with E-state index in [2.05, 4.69) is 19.7 Å². The molecule has 0 saturated carbocycles. The molecule has 4 unspecified atom stereocenters. The van der Waals surface area contributed by atoms with Crippen molar-refractivity contribution in [3.05, 3.63) is 37.0 Å². The van der Waals surface area contributed by atoms with Crippen LogP contribution in [-0.2, 0) is 0 Å². The molecule has 22 heavy (non-hydrogen) atoms. The molecule has 0 bridgehead atoms. The molecule has 0 N–H and O–H groups in total. The van der Waals surface area contributed by atoms with Gasteiger partial charge in [-0.2, -0.15) is 0 Å². The summed E-state index contributed by atoms with van der Waals surface area (Å²) in [6.45, 7) is 18.5. The second-order valence-corrected chi connectivity index (χ2v) is 6.16. The second-order valence-electron chi connectivity index (χ2n) is 6.16. The Labute approximate surface area is 132 Å². The summed E-state index contributed by atoms with van der Waals surface area (Å²) in [7, 11) is 0. The second kappa shape index (κ2) is 7.01. The van der Waals surface area contributed by atoms with Crippen LogP contribution in [0.15, 0.2) is 37.0 Å². The fourth-order valence-electron chi connectivity index (χ4n) is 4.22. The Bertz CT molecular complexity index is 438. The summed E-state index contributed by atoms with van der Waals surface area (Å²) in [5, 5.41) is 0. The Kier molecular flexibility index (Phi) is 6.67. The largest absolute Gasteiger partial charge is 0.270 e. The van der Waals surface area contributed by atoms with Crippen LogP contribution >= 0.6 is 0 Å². The molecule has 4 atom stereocenters. The van der Waals surface area contributed by atoms with E-state index >= 15 is 4.39 Å². The van der Waals surface area contributed by atoms with E-state index < -0.39 is 29.1 Å². The number of hydrogen-bond donors (Lipinski definition) is 0. The van der Waals surface area contributed by atoms with Crippen LogP contribution in [0.4, 0.5) is 17.6 Å². The number of halogens is 4. The van der Waals surface area contributed by atoms with Crippen molar-refractivity contribution in [3.8, 4) is 0 Å². The van der Waals surface area contributed by atoms with Crippen LogP contribution in [0, 0.1) is 10.8 Å². The van der Waals surface area contributed by atoms with Crippen LogP contribution in [0.1, 0.15) is 47.5 Å². The summed E-state index contributed by atoms with van der Waals surface area (Å²) < 4.78 is 56.8. The van der Waals surface area contributed by atoms with Crippen molar-refractivity contribution in [1.82, 2.24) is 0 Å². The van der Waals surface area contributed by atoms with Crippen molar-refractivity contribution in [2.75, 3.05) is 0 Å². The van der Waals surface area contributed by atoms with E-state index in [1.54, 1.807) is 20.8 Å². The standard InChI is InChI=1S/C18H28F4/c1-9-16(8,22)18(11-3,13(6)7)17(10-2,12(4)5)14(19)15(20)21/h9,14-15H,1,4,6,10-11H2,2-3,5,7-8H3. The quantitative estimate of drug-likeness (QED) is 0.338. The predicted molar refractivity (Wildman–Crippen MR) is 85.7 cm³/mol. The van der Waals surface area contributed by atoms with Crippen molar-refractivity contribution >= 4 is 0 Å². The molecule has 0 spiro atoms. The SMILES string of the molecule is C=CC(C)(F)C(CC)(C(=C)C)C(CC)(C(=C)C)C(F)C(F)F. The molecule has 128 valence electrons. The monoisotopic (exact) mass is 320 g/mol. The highest BCUT2D eigenvalue weighted by Crippen LogP contribution is 2.63. The summed E-state index contributed by atoms with van der Waals surface area (Å²) >= 11 is 0. The highest BCUT2D eigenvalue weighted by Gasteiger charge is 2.64.